The van der Waals surface area contributed by atoms with Crippen LogP contribution in [0.2, 0.25) is 0 Å². The molecule has 0 unspecified atom stereocenters. The summed E-state index contributed by atoms with van der Waals surface area (Å²) in [6, 6.07) is 7.05. The van der Waals surface area contributed by atoms with E-state index in [0.29, 0.717) is 11.4 Å². The van der Waals surface area contributed by atoms with Gasteiger partial charge >= 0.3 is 5.69 Å². The lowest BCUT2D eigenvalue weighted by Gasteiger charge is -2.06. The molecule has 8 heteroatoms. The highest BCUT2D eigenvalue weighted by Crippen LogP contribution is 2.22. The molecule has 20 heavy (non-hydrogen) atoms. The number of aromatic nitrogens is 2. The van der Waals surface area contributed by atoms with Crippen molar-refractivity contribution in [2.24, 2.45) is 5.10 Å². The third-order valence-corrected chi connectivity index (χ3v) is 2.44. The molecule has 0 atom stereocenters. The Labute approximate surface area is 112 Å². The fourth-order valence-electron chi connectivity index (χ4n) is 1.51. The Balaban J connectivity index is 2.23. The summed E-state index contributed by atoms with van der Waals surface area (Å²) >= 11 is 0. The van der Waals surface area contributed by atoms with E-state index < -0.39 is 17.1 Å². The molecule has 0 saturated heterocycles. The number of hydrogen-bond acceptors (Lipinski definition) is 6. The summed E-state index contributed by atoms with van der Waals surface area (Å²) in [5, 5.41) is 13.3. The molecule has 0 bridgehead atoms. The second-order valence-electron chi connectivity index (χ2n) is 3.74. The van der Waals surface area contributed by atoms with Crippen molar-refractivity contribution >= 4 is 11.9 Å². The Hall–Kier alpha value is -3.03. The summed E-state index contributed by atoms with van der Waals surface area (Å²) in [4.78, 5) is 26.4. The number of aromatic hydroxyl groups is 1. The highest BCUT2D eigenvalue weighted by molar-refractivity contribution is 5.82. The van der Waals surface area contributed by atoms with Crippen LogP contribution >= 0.6 is 0 Å². The van der Waals surface area contributed by atoms with Gasteiger partial charge in [0.1, 0.15) is 11.3 Å². The van der Waals surface area contributed by atoms with Crippen molar-refractivity contribution in [2.45, 2.75) is 0 Å². The Morgan fingerprint density at radius 2 is 2.05 bits per heavy atom. The predicted octanol–water partition coefficient (Wildman–Crippen LogP) is 0.223. The summed E-state index contributed by atoms with van der Waals surface area (Å²) in [6.45, 7) is 0. The van der Waals surface area contributed by atoms with E-state index in [0.717, 1.165) is 6.21 Å². The maximum absolute atomic E-state index is 11.4. The van der Waals surface area contributed by atoms with E-state index in [2.05, 4.69) is 15.5 Å². The Kier molecular flexibility index (Phi) is 3.85. The van der Waals surface area contributed by atoms with E-state index in [-0.39, 0.29) is 5.56 Å². The van der Waals surface area contributed by atoms with Crippen LogP contribution in [0.1, 0.15) is 5.56 Å². The van der Waals surface area contributed by atoms with Gasteiger partial charge in [-0.15, -0.1) is 0 Å². The number of H-pyrrole nitrogens is 2. The molecule has 2 aromatic rings. The van der Waals surface area contributed by atoms with E-state index in [9.17, 15) is 14.7 Å². The molecule has 104 valence electrons. The van der Waals surface area contributed by atoms with E-state index in [1.165, 1.54) is 7.11 Å². The van der Waals surface area contributed by atoms with Crippen molar-refractivity contribution in [3.05, 3.63) is 50.7 Å². The monoisotopic (exact) mass is 276 g/mol. The first kappa shape index (κ1) is 13.4. The van der Waals surface area contributed by atoms with Crippen LogP contribution < -0.4 is 21.4 Å². The van der Waals surface area contributed by atoms with Crippen LogP contribution in [0.4, 0.5) is 5.69 Å². The quantitative estimate of drug-likeness (QED) is 0.470. The second-order valence-corrected chi connectivity index (χ2v) is 3.74. The average molecular weight is 276 g/mol. The third kappa shape index (κ3) is 2.86. The molecule has 2 rings (SSSR count). The molecule has 0 saturated carbocycles. The molecule has 0 aliphatic carbocycles. The largest absolute Gasteiger partial charge is 0.495 e. The normalized spacial score (nSPS) is 10.7. The number of methoxy groups -OCH3 is 1. The fraction of sp³-hybridized carbons (Fsp3) is 0.0833. The van der Waals surface area contributed by atoms with Gasteiger partial charge in [-0.3, -0.25) is 20.2 Å². The Morgan fingerprint density at radius 1 is 1.30 bits per heavy atom. The average Bonchev–Trinajstić information content (AvgIpc) is 2.42. The number of hydrogen-bond donors (Lipinski definition) is 4. The van der Waals surface area contributed by atoms with Crippen molar-refractivity contribution in [1.82, 2.24) is 9.97 Å². The van der Waals surface area contributed by atoms with Crippen LogP contribution in [0.3, 0.4) is 0 Å². The van der Waals surface area contributed by atoms with Gasteiger partial charge in [-0.2, -0.15) is 5.10 Å². The SMILES string of the molecule is COc1ccccc1N/N=C/c1c(O)[nH]c(=O)[nH]c1=O. The third-order valence-electron chi connectivity index (χ3n) is 2.44. The van der Waals surface area contributed by atoms with Gasteiger partial charge in [0.05, 0.1) is 19.0 Å². The van der Waals surface area contributed by atoms with Crippen LogP contribution in [0.15, 0.2) is 39.0 Å². The lowest BCUT2D eigenvalue weighted by molar-refractivity contribution is 0.416. The molecule has 0 aliphatic heterocycles. The minimum atomic E-state index is -0.790. The zero-order chi connectivity index (χ0) is 14.5. The lowest BCUT2D eigenvalue weighted by Crippen LogP contribution is -2.25. The van der Waals surface area contributed by atoms with E-state index in [1.807, 2.05) is 4.98 Å². The fourth-order valence-corrected chi connectivity index (χ4v) is 1.51. The van der Waals surface area contributed by atoms with Crippen molar-refractivity contribution in [1.29, 1.82) is 0 Å². The smallest absolute Gasteiger partial charge is 0.328 e. The first-order valence-corrected chi connectivity index (χ1v) is 5.59. The van der Waals surface area contributed by atoms with Crippen molar-refractivity contribution in [3.8, 4) is 11.6 Å². The summed E-state index contributed by atoms with van der Waals surface area (Å²) in [7, 11) is 1.52. The number of para-hydroxylation sites is 2. The van der Waals surface area contributed by atoms with E-state index in [1.54, 1.807) is 24.3 Å². The van der Waals surface area contributed by atoms with Crippen LogP contribution in [0.5, 0.6) is 11.6 Å². The van der Waals surface area contributed by atoms with Crippen LogP contribution in [0.25, 0.3) is 0 Å². The lowest BCUT2D eigenvalue weighted by atomic mass is 10.3. The molecule has 8 nitrogen and oxygen atoms in total. The van der Waals surface area contributed by atoms with Crippen molar-refractivity contribution in [2.75, 3.05) is 12.5 Å². The standard InChI is InChI=1S/C12H12N4O4/c1-20-9-5-3-2-4-8(9)16-13-6-7-10(17)14-12(19)15-11(7)18/h2-6,16H,1H3,(H3,14,15,17,18,19)/b13-6+. The molecule has 0 aliphatic rings. The Bertz CT molecular complexity index is 748. The van der Waals surface area contributed by atoms with Crippen LogP contribution in [-0.4, -0.2) is 28.4 Å². The minimum Gasteiger partial charge on any atom is -0.495 e. The molecular formula is C12H12N4O4. The maximum atomic E-state index is 11.4. The van der Waals surface area contributed by atoms with Gasteiger partial charge in [0.15, 0.2) is 0 Å². The molecule has 1 aromatic heterocycles. The van der Waals surface area contributed by atoms with Crippen LogP contribution in [-0.2, 0) is 0 Å². The van der Waals surface area contributed by atoms with Gasteiger partial charge in [0, 0.05) is 0 Å². The summed E-state index contributed by atoms with van der Waals surface area (Å²) < 4.78 is 5.11. The topological polar surface area (TPSA) is 120 Å². The molecule has 0 amide bonds. The molecule has 0 radical (unpaired) electrons. The highest BCUT2D eigenvalue weighted by Gasteiger charge is 2.05. The van der Waals surface area contributed by atoms with Gasteiger partial charge in [-0.05, 0) is 12.1 Å². The molecule has 0 fully saturated rings. The first-order chi connectivity index (χ1) is 9.61. The summed E-state index contributed by atoms with van der Waals surface area (Å²) in [5.41, 5.74) is 1.57. The molecule has 4 N–H and O–H groups in total. The van der Waals surface area contributed by atoms with E-state index >= 15 is 0 Å². The van der Waals surface area contributed by atoms with Gasteiger partial charge in [-0.1, -0.05) is 12.1 Å². The Morgan fingerprint density at radius 3 is 2.75 bits per heavy atom. The van der Waals surface area contributed by atoms with Gasteiger partial charge in [0.25, 0.3) is 5.56 Å². The highest BCUT2D eigenvalue weighted by atomic mass is 16.5. The predicted molar refractivity (Wildman–Crippen MR) is 73.6 cm³/mol. The maximum Gasteiger partial charge on any atom is 0.328 e. The number of nitrogens with zero attached hydrogens (tertiary/aromatic N) is 1. The van der Waals surface area contributed by atoms with Crippen molar-refractivity contribution in [3.63, 3.8) is 0 Å². The zero-order valence-electron chi connectivity index (χ0n) is 10.5. The van der Waals surface area contributed by atoms with E-state index in [4.69, 9.17) is 4.74 Å². The minimum absolute atomic E-state index is 0.160. The zero-order valence-corrected chi connectivity index (χ0v) is 10.5. The van der Waals surface area contributed by atoms with Crippen LogP contribution in [0, 0.1) is 0 Å². The van der Waals surface area contributed by atoms with Crippen molar-refractivity contribution < 1.29 is 9.84 Å². The molecule has 1 heterocycles. The number of anilines is 1. The number of aromatic amines is 2. The number of rotatable bonds is 4. The van der Waals surface area contributed by atoms with Gasteiger partial charge in [0.2, 0.25) is 5.88 Å². The number of ether oxygens (including phenoxy) is 1. The van der Waals surface area contributed by atoms with Gasteiger partial charge < -0.3 is 9.84 Å². The molecule has 0 spiro atoms. The number of benzene rings is 1. The number of nitrogens with one attached hydrogen (secondary N) is 3. The molecular weight excluding hydrogens is 264 g/mol. The second kappa shape index (κ2) is 5.74. The first-order valence-electron chi connectivity index (χ1n) is 5.59. The summed E-state index contributed by atoms with van der Waals surface area (Å²) in [6.07, 6.45) is 1.09. The summed E-state index contributed by atoms with van der Waals surface area (Å²) in [5.74, 6) is 0.0218. The van der Waals surface area contributed by atoms with Gasteiger partial charge in [-0.25, -0.2) is 4.79 Å². The molecule has 1 aromatic carbocycles. The number of hydrazone groups is 1.